The van der Waals surface area contributed by atoms with E-state index < -0.39 is 0 Å². The van der Waals surface area contributed by atoms with Crippen molar-refractivity contribution in [1.82, 2.24) is 5.32 Å². The Hall–Kier alpha value is -1.12. The van der Waals surface area contributed by atoms with E-state index in [1.807, 2.05) is 18.4 Å². The Morgan fingerprint density at radius 3 is 2.41 bits per heavy atom. The van der Waals surface area contributed by atoms with Gasteiger partial charge in [0.2, 0.25) is 0 Å². The van der Waals surface area contributed by atoms with Crippen LogP contribution in [0.15, 0.2) is 29.6 Å². The summed E-state index contributed by atoms with van der Waals surface area (Å²) in [7, 11) is 2.00. The van der Waals surface area contributed by atoms with Crippen molar-refractivity contribution >= 4 is 11.3 Å². The third-order valence-electron chi connectivity index (χ3n) is 2.82. The predicted molar refractivity (Wildman–Crippen MR) is 76.9 cm³/mol. The largest absolute Gasteiger partial charge is 0.319 e. The number of rotatable bonds is 4. The molecule has 0 unspecified atom stereocenters. The molecule has 1 aromatic carbocycles. The Kier molecular flexibility index (Phi) is 3.97. The van der Waals surface area contributed by atoms with E-state index in [2.05, 4.69) is 48.8 Å². The molecule has 0 saturated carbocycles. The van der Waals surface area contributed by atoms with Crippen LogP contribution in [0.4, 0.5) is 0 Å². The van der Waals surface area contributed by atoms with Gasteiger partial charge in [0.05, 0.1) is 0 Å². The van der Waals surface area contributed by atoms with Crippen LogP contribution in [0.25, 0.3) is 10.4 Å². The first-order chi connectivity index (χ1) is 8.19. The molecular weight excluding hydrogens is 226 g/mol. The minimum absolute atomic E-state index is 1.04. The molecule has 0 aliphatic rings. The molecule has 90 valence electrons. The lowest BCUT2D eigenvalue weighted by molar-refractivity contribution is 0.793. The third kappa shape index (κ3) is 3.18. The predicted octanol–water partition coefficient (Wildman–Crippen LogP) is 3.79. The number of aryl methyl sites for hydroxylation is 2. The van der Waals surface area contributed by atoms with Gasteiger partial charge in [-0.25, -0.2) is 0 Å². The van der Waals surface area contributed by atoms with Crippen LogP contribution in [0.2, 0.25) is 0 Å². The van der Waals surface area contributed by atoms with E-state index in [9.17, 15) is 0 Å². The zero-order valence-corrected chi connectivity index (χ0v) is 11.5. The molecule has 2 heteroatoms. The number of hydrogen-bond donors (Lipinski definition) is 1. The maximum Gasteiger partial charge on any atom is 0.0345 e. The Balaban J connectivity index is 2.24. The van der Waals surface area contributed by atoms with Crippen molar-refractivity contribution in [3.8, 4) is 10.4 Å². The molecule has 1 aromatic heterocycles. The summed E-state index contributed by atoms with van der Waals surface area (Å²) < 4.78 is 0. The van der Waals surface area contributed by atoms with Crippen LogP contribution in [-0.2, 0) is 6.42 Å². The van der Waals surface area contributed by atoms with Crippen molar-refractivity contribution in [2.75, 3.05) is 13.6 Å². The van der Waals surface area contributed by atoms with Crippen LogP contribution in [0.5, 0.6) is 0 Å². The quantitative estimate of drug-likeness (QED) is 0.864. The first kappa shape index (κ1) is 12.3. The fourth-order valence-corrected chi connectivity index (χ4v) is 2.98. The molecule has 0 fully saturated rings. The van der Waals surface area contributed by atoms with Gasteiger partial charge in [-0.2, -0.15) is 0 Å². The van der Waals surface area contributed by atoms with Crippen molar-refractivity contribution in [2.45, 2.75) is 20.3 Å². The van der Waals surface area contributed by atoms with Crippen LogP contribution in [0.1, 0.15) is 16.7 Å². The van der Waals surface area contributed by atoms with E-state index in [-0.39, 0.29) is 0 Å². The van der Waals surface area contributed by atoms with E-state index in [1.54, 1.807) is 0 Å². The third-order valence-corrected chi connectivity index (χ3v) is 3.85. The second-order valence-electron chi connectivity index (χ2n) is 4.55. The monoisotopic (exact) mass is 245 g/mol. The highest BCUT2D eigenvalue weighted by molar-refractivity contribution is 7.13. The number of thiophene rings is 1. The fraction of sp³-hybridized carbons (Fsp3) is 0.333. The van der Waals surface area contributed by atoms with Gasteiger partial charge in [-0.3, -0.25) is 0 Å². The molecule has 17 heavy (non-hydrogen) atoms. The van der Waals surface area contributed by atoms with Crippen molar-refractivity contribution < 1.29 is 0 Å². The van der Waals surface area contributed by atoms with Crippen LogP contribution < -0.4 is 5.32 Å². The lowest BCUT2D eigenvalue weighted by atomic mass is 10.1. The molecule has 1 N–H and O–H groups in total. The van der Waals surface area contributed by atoms with Crippen molar-refractivity contribution in [3.63, 3.8) is 0 Å². The van der Waals surface area contributed by atoms with Crippen LogP contribution >= 0.6 is 11.3 Å². The lowest BCUT2D eigenvalue weighted by Crippen LogP contribution is -2.09. The first-order valence-electron chi connectivity index (χ1n) is 6.00. The van der Waals surface area contributed by atoms with Crippen LogP contribution in [0, 0.1) is 13.8 Å². The van der Waals surface area contributed by atoms with Gasteiger partial charge in [0.25, 0.3) is 0 Å². The van der Waals surface area contributed by atoms with Crippen molar-refractivity contribution in [3.05, 3.63) is 46.3 Å². The highest BCUT2D eigenvalue weighted by atomic mass is 32.1. The van der Waals surface area contributed by atoms with Crippen molar-refractivity contribution in [2.24, 2.45) is 0 Å². The zero-order chi connectivity index (χ0) is 12.3. The Bertz CT molecular complexity index is 479. The van der Waals surface area contributed by atoms with Gasteiger partial charge in [-0.05, 0) is 56.4 Å². The van der Waals surface area contributed by atoms with Crippen LogP contribution in [0.3, 0.4) is 0 Å². The molecule has 2 rings (SSSR count). The Morgan fingerprint density at radius 1 is 1.06 bits per heavy atom. The van der Waals surface area contributed by atoms with E-state index in [0.29, 0.717) is 0 Å². The summed E-state index contributed by atoms with van der Waals surface area (Å²) in [6, 6.07) is 9.07. The summed E-state index contributed by atoms with van der Waals surface area (Å²) in [5.74, 6) is 0. The summed E-state index contributed by atoms with van der Waals surface area (Å²) in [5.41, 5.74) is 5.46. The van der Waals surface area contributed by atoms with Gasteiger partial charge in [0.1, 0.15) is 0 Å². The summed E-state index contributed by atoms with van der Waals surface area (Å²) in [6.07, 6.45) is 1.11. The standard InChI is InChI=1S/C15H19NS/c1-11-6-12(2)8-14(7-11)15-9-13(10-17-15)4-5-16-3/h6-10,16H,4-5H2,1-3H3. The first-order valence-corrected chi connectivity index (χ1v) is 6.87. The molecule has 0 bridgehead atoms. The maximum atomic E-state index is 3.19. The zero-order valence-electron chi connectivity index (χ0n) is 10.7. The summed E-state index contributed by atoms with van der Waals surface area (Å²) in [4.78, 5) is 1.38. The fourth-order valence-electron chi connectivity index (χ4n) is 2.04. The summed E-state index contributed by atoms with van der Waals surface area (Å²) in [6.45, 7) is 5.36. The smallest absolute Gasteiger partial charge is 0.0345 e. The molecule has 2 aromatic rings. The molecule has 0 aliphatic heterocycles. The van der Waals surface area contributed by atoms with Crippen LogP contribution in [-0.4, -0.2) is 13.6 Å². The lowest BCUT2D eigenvalue weighted by Gasteiger charge is -2.02. The van der Waals surface area contributed by atoms with Gasteiger partial charge in [-0.1, -0.05) is 29.3 Å². The molecule has 1 nitrogen and oxygen atoms in total. The van der Waals surface area contributed by atoms with Gasteiger partial charge < -0.3 is 5.32 Å². The molecular formula is C15H19NS. The Labute approximate surface area is 108 Å². The van der Waals surface area contributed by atoms with Gasteiger partial charge in [0.15, 0.2) is 0 Å². The number of benzene rings is 1. The van der Waals surface area contributed by atoms with E-state index in [4.69, 9.17) is 0 Å². The molecule has 0 spiro atoms. The van der Waals surface area contributed by atoms with Gasteiger partial charge >= 0.3 is 0 Å². The molecule has 0 amide bonds. The molecule has 0 radical (unpaired) electrons. The maximum absolute atomic E-state index is 3.19. The van der Waals surface area contributed by atoms with E-state index in [0.717, 1.165) is 13.0 Å². The van der Waals surface area contributed by atoms with Gasteiger partial charge in [0, 0.05) is 4.88 Å². The minimum Gasteiger partial charge on any atom is -0.319 e. The second kappa shape index (κ2) is 5.48. The summed E-state index contributed by atoms with van der Waals surface area (Å²) in [5, 5.41) is 5.46. The van der Waals surface area contributed by atoms with Gasteiger partial charge in [-0.15, -0.1) is 11.3 Å². The Morgan fingerprint density at radius 2 is 1.76 bits per heavy atom. The minimum atomic E-state index is 1.04. The molecule has 0 atom stereocenters. The van der Waals surface area contributed by atoms with E-state index in [1.165, 1.54) is 27.1 Å². The SMILES string of the molecule is CNCCc1csc(-c2cc(C)cc(C)c2)c1. The highest BCUT2D eigenvalue weighted by Crippen LogP contribution is 2.28. The number of hydrogen-bond acceptors (Lipinski definition) is 2. The molecule has 0 saturated heterocycles. The summed E-state index contributed by atoms with van der Waals surface area (Å²) >= 11 is 1.84. The highest BCUT2D eigenvalue weighted by Gasteiger charge is 2.03. The van der Waals surface area contributed by atoms with E-state index >= 15 is 0 Å². The molecule has 1 heterocycles. The normalized spacial score (nSPS) is 10.8. The average molecular weight is 245 g/mol. The van der Waals surface area contributed by atoms with Crippen molar-refractivity contribution in [1.29, 1.82) is 0 Å². The topological polar surface area (TPSA) is 12.0 Å². The average Bonchev–Trinajstić information content (AvgIpc) is 2.73. The second-order valence-corrected chi connectivity index (χ2v) is 5.46. The number of nitrogens with one attached hydrogen (secondary N) is 1. The number of likely N-dealkylation sites (N-methyl/N-ethyl adjacent to an activating group) is 1. The molecule has 0 aliphatic carbocycles.